The van der Waals surface area contributed by atoms with Gasteiger partial charge in [-0.2, -0.15) is 5.26 Å². The molecule has 6 nitrogen and oxygen atoms in total. The number of carbonyl (C=O) groups excluding carboxylic acids is 1. The number of urea groups is 1. The van der Waals surface area contributed by atoms with Gasteiger partial charge in [0.15, 0.2) is 0 Å². The maximum atomic E-state index is 12.2. The number of nitriles is 1. The fourth-order valence-electron chi connectivity index (χ4n) is 2.19. The number of rotatable bonds is 2. The van der Waals surface area contributed by atoms with Crippen molar-refractivity contribution in [1.82, 2.24) is 4.90 Å². The summed E-state index contributed by atoms with van der Waals surface area (Å²) in [4.78, 5) is 24.8. The lowest BCUT2D eigenvalue weighted by atomic mass is 9.90. The van der Waals surface area contributed by atoms with Crippen LogP contribution in [0.3, 0.4) is 0 Å². The Morgan fingerprint density at radius 2 is 2.24 bits per heavy atom. The van der Waals surface area contributed by atoms with Crippen LogP contribution in [0, 0.1) is 16.7 Å². The number of nitrogens with one attached hydrogen (secondary N) is 1. The molecule has 2 rings (SSSR count). The van der Waals surface area contributed by atoms with Crippen LogP contribution in [-0.2, 0) is 4.79 Å². The summed E-state index contributed by atoms with van der Waals surface area (Å²) >= 11 is 5.97. The Hall–Kier alpha value is -2.26. The van der Waals surface area contributed by atoms with Crippen molar-refractivity contribution in [3.8, 4) is 6.07 Å². The van der Waals surface area contributed by atoms with Crippen molar-refractivity contribution >= 4 is 29.3 Å². The number of anilines is 1. The molecule has 110 valence electrons. The van der Waals surface area contributed by atoms with Gasteiger partial charge in [-0.05, 0) is 31.5 Å². The van der Waals surface area contributed by atoms with Crippen molar-refractivity contribution in [2.24, 2.45) is 5.41 Å². The number of benzene rings is 1. The average molecular weight is 308 g/mol. The van der Waals surface area contributed by atoms with Crippen LogP contribution in [0.2, 0.25) is 5.02 Å². The summed E-state index contributed by atoms with van der Waals surface area (Å²) in [6.07, 6.45) is 0.404. The zero-order valence-electron chi connectivity index (χ0n) is 11.4. The summed E-state index contributed by atoms with van der Waals surface area (Å²) in [5.41, 5.74) is -0.202. The molecule has 2 amide bonds. The van der Waals surface area contributed by atoms with Gasteiger partial charge in [-0.25, -0.2) is 4.79 Å². The third-order valence-corrected chi connectivity index (χ3v) is 3.94. The Kier molecular flexibility index (Phi) is 4.05. The highest BCUT2D eigenvalue weighted by molar-refractivity contribution is 6.33. The van der Waals surface area contributed by atoms with Crippen LogP contribution < -0.4 is 5.32 Å². The molecular formula is C14H14ClN3O3. The Bertz CT molecular complexity index is 641. The minimum Gasteiger partial charge on any atom is -0.481 e. The van der Waals surface area contributed by atoms with Crippen molar-refractivity contribution in [2.75, 3.05) is 18.4 Å². The quantitative estimate of drug-likeness (QED) is 0.878. The van der Waals surface area contributed by atoms with Gasteiger partial charge in [0.2, 0.25) is 0 Å². The van der Waals surface area contributed by atoms with Crippen LogP contribution >= 0.6 is 11.6 Å². The second-order valence-corrected chi connectivity index (χ2v) is 5.68. The zero-order valence-corrected chi connectivity index (χ0v) is 12.1. The molecule has 0 aromatic heterocycles. The predicted octanol–water partition coefficient (Wildman–Crippen LogP) is 2.54. The first-order valence-corrected chi connectivity index (χ1v) is 6.72. The SMILES string of the molecule is CC1(C(=O)O)CCN(C(=O)Nc2cc(C#N)ccc2Cl)C1. The monoisotopic (exact) mass is 307 g/mol. The minimum absolute atomic E-state index is 0.143. The van der Waals surface area contributed by atoms with Crippen molar-refractivity contribution in [3.63, 3.8) is 0 Å². The van der Waals surface area contributed by atoms with Gasteiger partial charge in [-0.3, -0.25) is 4.79 Å². The van der Waals surface area contributed by atoms with Crippen LogP contribution in [0.5, 0.6) is 0 Å². The summed E-state index contributed by atoms with van der Waals surface area (Å²) in [5.74, 6) is -0.915. The molecule has 1 aromatic carbocycles. The van der Waals surface area contributed by atoms with E-state index >= 15 is 0 Å². The highest BCUT2D eigenvalue weighted by atomic mass is 35.5. The normalized spacial score (nSPS) is 20.9. The maximum Gasteiger partial charge on any atom is 0.321 e. The Labute approximate surface area is 126 Å². The first kappa shape index (κ1) is 15.1. The molecule has 7 heteroatoms. The number of nitrogens with zero attached hydrogens (tertiary/aromatic N) is 2. The molecule has 2 N–H and O–H groups in total. The topological polar surface area (TPSA) is 93.4 Å². The second kappa shape index (κ2) is 5.62. The van der Waals surface area contributed by atoms with Crippen LogP contribution in [0.1, 0.15) is 18.9 Å². The number of hydrogen-bond donors (Lipinski definition) is 2. The van der Waals surface area contributed by atoms with Gasteiger partial charge in [0.1, 0.15) is 0 Å². The third-order valence-electron chi connectivity index (χ3n) is 3.61. The van der Waals surface area contributed by atoms with Gasteiger partial charge in [0.25, 0.3) is 0 Å². The van der Waals surface area contributed by atoms with Gasteiger partial charge >= 0.3 is 12.0 Å². The first-order chi connectivity index (χ1) is 9.85. The van der Waals surface area contributed by atoms with Crippen molar-refractivity contribution < 1.29 is 14.7 Å². The molecule has 0 saturated carbocycles. The smallest absolute Gasteiger partial charge is 0.321 e. The lowest BCUT2D eigenvalue weighted by molar-refractivity contribution is -0.146. The number of halogens is 1. The second-order valence-electron chi connectivity index (χ2n) is 5.27. The molecule has 21 heavy (non-hydrogen) atoms. The molecule has 1 fully saturated rings. The molecule has 0 radical (unpaired) electrons. The minimum atomic E-state index is -0.921. The summed E-state index contributed by atoms with van der Waals surface area (Å²) in [6.45, 7) is 2.12. The van der Waals surface area contributed by atoms with E-state index < -0.39 is 17.4 Å². The van der Waals surface area contributed by atoms with Crippen LogP contribution in [0.25, 0.3) is 0 Å². The van der Waals surface area contributed by atoms with E-state index in [1.165, 1.54) is 17.0 Å². The van der Waals surface area contributed by atoms with E-state index in [1.807, 2.05) is 6.07 Å². The van der Waals surface area contributed by atoms with Gasteiger partial charge in [0, 0.05) is 13.1 Å². The molecule has 0 spiro atoms. The van der Waals surface area contributed by atoms with Crippen LogP contribution in [-0.4, -0.2) is 35.1 Å². The molecule has 1 aromatic rings. The van der Waals surface area contributed by atoms with Crippen molar-refractivity contribution in [3.05, 3.63) is 28.8 Å². The maximum absolute atomic E-state index is 12.2. The van der Waals surface area contributed by atoms with E-state index in [1.54, 1.807) is 13.0 Å². The molecule has 1 aliphatic rings. The number of carboxylic acids is 1. The summed E-state index contributed by atoms with van der Waals surface area (Å²) in [6, 6.07) is 6.10. The zero-order chi connectivity index (χ0) is 15.6. The molecule has 1 atom stereocenters. The lowest BCUT2D eigenvalue weighted by Gasteiger charge is -2.20. The van der Waals surface area contributed by atoms with E-state index in [0.29, 0.717) is 29.2 Å². The predicted molar refractivity (Wildman–Crippen MR) is 77.1 cm³/mol. The standard InChI is InChI=1S/C14H14ClN3O3/c1-14(12(19)20)4-5-18(8-14)13(21)17-11-6-9(7-16)2-3-10(11)15/h2-3,6H,4-5,8H2,1H3,(H,17,21)(H,19,20). The summed E-state index contributed by atoms with van der Waals surface area (Å²) < 4.78 is 0. The molecule has 1 unspecified atom stereocenters. The Morgan fingerprint density at radius 1 is 1.52 bits per heavy atom. The van der Waals surface area contributed by atoms with E-state index in [2.05, 4.69) is 5.32 Å². The fraction of sp³-hybridized carbons (Fsp3) is 0.357. The van der Waals surface area contributed by atoms with Gasteiger partial charge in [-0.1, -0.05) is 11.6 Å². The molecule has 0 aliphatic carbocycles. The number of aliphatic carboxylic acids is 1. The van der Waals surface area contributed by atoms with Crippen LogP contribution in [0.4, 0.5) is 10.5 Å². The summed E-state index contributed by atoms with van der Waals surface area (Å²) in [7, 11) is 0. The lowest BCUT2D eigenvalue weighted by Crippen LogP contribution is -2.37. The molecule has 1 saturated heterocycles. The fourth-order valence-corrected chi connectivity index (χ4v) is 2.36. The first-order valence-electron chi connectivity index (χ1n) is 6.35. The van der Waals surface area contributed by atoms with E-state index in [-0.39, 0.29) is 6.54 Å². The molecule has 0 bridgehead atoms. The van der Waals surface area contributed by atoms with E-state index in [9.17, 15) is 9.59 Å². The third kappa shape index (κ3) is 3.09. The largest absolute Gasteiger partial charge is 0.481 e. The average Bonchev–Trinajstić information content (AvgIpc) is 2.85. The van der Waals surface area contributed by atoms with E-state index in [4.69, 9.17) is 22.0 Å². The van der Waals surface area contributed by atoms with Gasteiger partial charge in [0.05, 0.1) is 27.8 Å². The number of likely N-dealkylation sites (tertiary alicyclic amines) is 1. The molecule has 1 aliphatic heterocycles. The molecular weight excluding hydrogens is 294 g/mol. The Balaban J connectivity index is 2.10. The highest BCUT2D eigenvalue weighted by Crippen LogP contribution is 2.31. The Morgan fingerprint density at radius 3 is 2.81 bits per heavy atom. The number of amides is 2. The van der Waals surface area contributed by atoms with Crippen molar-refractivity contribution in [1.29, 1.82) is 5.26 Å². The molecule has 1 heterocycles. The number of hydrogen-bond acceptors (Lipinski definition) is 3. The van der Waals surface area contributed by atoms with Crippen LogP contribution in [0.15, 0.2) is 18.2 Å². The number of carboxylic acid groups (broad SMARTS) is 1. The van der Waals surface area contributed by atoms with Gasteiger partial charge in [-0.15, -0.1) is 0 Å². The van der Waals surface area contributed by atoms with Gasteiger partial charge < -0.3 is 15.3 Å². The summed E-state index contributed by atoms with van der Waals surface area (Å²) in [5, 5.41) is 20.9. The van der Waals surface area contributed by atoms with E-state index in [0.717, 1.165) is 0 Å². The van der Waals surface area contributed by atoms with Crippen molar-refractivity contribution in [2.45, 2.75) is 13.3 Å². The number of carbonyl (C=O) groups is 2. The highest BCUT2D eigenvalue weighted by Gasteiger charge is 2.42.